The SMILES string of the molecule is CC(=O)CCC(NC(C)C)C(=O)C(C)C.CC(C)NC(CCC(N)=O)C(=O)C(C)C.CC(C)NC(CCCCN)C(=O)C(C)C.CC(C)NC(CCCCNC(=O)CCC(NC(C)C)C(=O)C(C)(C)C)C(=O)C(C)C.N. The van der Waals surface area contributed by atoms with E-state index in [0.717, 1.165) is 38.5 Å². The number of rotatable bonds is 37. The first-order valence-electron chi connectivity index (χ1n) is 28.7. The van der Waals surface area contributed by atoms with Gasteiger partial charge in [0.15, 0.2) is 28.9 Å². The molecule has 0 aliphatic rings. The zero-order valence-electron chi connectivity index (χ0n) is 52.6. The Morgan fingerprint density at radius 3 is 0.974 bits per heavy atom. The predicted molar refractivity (Wildman–Crippen MR) is 317 cm³/mol. The Balaban J connectivity index is -0.000000312. The first kappa shape index (κ1) is 81.5. The summed E-state index contributed by atoms with van der Waals surface area (Å²) in [7, 11) is 0. The van der Waals surface area contributed by atoms with Gasteiger partial charge in [-0.15, -0.1) is 0 Å². The molecule has 0 heterocycles. The molecule has 0 saturated heterocycles. The van der Waals surface area contributed by atoms with Gasteiger partial charge in [0.25, 0.3) is 0 Å². The molecule has 17 nitrogen and oxygen atoms in total. The van der Waals surface area contributed by atoms with Crippen LogP contribution in [-0.2, 0) is 38.4 Å². The van der Waals surface area contributed by atoms with Crippen LogP contribution >= 0.6 is 0 Å². The Labute approximate surface area is 464 Å². The van der Waals surface area contributed by atoms with Crippen molar-refractivity contribution >= 4 is 46.5 Å². The topological polar surface area (TPSA) is 296 Å². The minimum absolute atomic E-state index is 0. The van der Waals surface area contributed by atoms with Crippen molar-refractivity contribution in [1.29, 1.82) is 0 Å². The van der Waals surface area contributed by atoms with Gasteiger partial charge in [0.1, 0.15) is 5.78 Å². The average Bonchev–Trinajstić information content (AvgIpc) is 3.27. The van der Waals surface area contributed by atoms with Gasteiger partial charge >= 0.3 is 0 Å². The largest absolute Gasteiger partial charge is 0.370 e. The fraction of sp³-hybridized carbons (Fsp3) is 0.864. The van der Waals surface area contributed by atoms with E-state index in [9.17, 15) is 38.4 Å². The maximum atomic E-state index is 12.6. The van der Waals surface area contributed by atoms with E-state index < -0.39 is 5.41 Å². The van der Waals surface area contributed by atoms with Crippen LogP contribution in [0.5, 0.6) is 0 Å². The van der Waals surface area contributed by atoms with Gasteiger partial charge in [-0.25, -0.2) is 0 Å². The summed E-state index contributed by atoms with van der Waals surface area (Å²) in [5, 5.41) is 19.3. The molecule has 5 atom stereocenters. The predicted octanol–water partition coefficient (Wildman–Crippen LogP) is 8.29. The number of hydrogen-bond donors (Lipinski definition) is 9. The lowest BCUT2D eigenvalue weighted by Crippen LogP contribution is -2.46. The van der Waals surface area contributed by atoms with Crippen LogP contribution in [0.4, 0.5) is 0 Å². The number of amides is 2. The molecule has 0 aliphatic carbocycles. The van der Waals surface area contributed by atoms with Crippen molar-refractivity contribution in [3.05, 3.63) is 0 Å². The van der Waals surface area contributed by atoms with Gasteiger partial charge in [0.05, 0.1) is 30.2 Å². The fourth-order valence-corrected chi connectivity index (χ4v) is 7.86. The summed E-state index contributed by atoms with van der Waals surface area (Å²) >= 11 is 0. The molecule has 2 amide bonds. The van der Waals surface area contributed by atoms with E-state index in [4.69, 9.17) is 11.5 Å². The smallest absolute Gasteiger partial charge is 0.220 e. The molecule has 0 radical (unpaired) electrons. The number of ketones is 6. The van der Waals surface area contributed by atoms with Crippen LogP contribution in [-0.4, -0.2) is 120 Å². The zero-order valence-corrected chi connectivity index (χ0v) is 52.6. The number of unbranched alkanes of at least 4 members (excludes halogenated alkanes) is 2. The molecule has 17 heteroatoms. The van der Waals surface area contributed by atoms with Crippen molar-refractivity contribution in [2.45, 2.75) is 290 Å². The maximum absolute atomic E-state index is 12.6. The number of carbonyl (C=O) groups excluding carboxylic acids is 8. The first-order chi connectivity index (χ1) is 34.4. The normalized spacial score (nSPS) is 13.5. The summed E-state index contributed by atoms with van der Waals surface area (Å²) in [6, 6.07) is 0.465. The summed E-state index contributed by atoms with van der Waals surface area (Å²) in [6.45, 7) is 44.1. The number of nitrogens with two attached hydrogens (primary N) is 2. The maximum Gasteiger partial charge on any atom is 0.220 e. The standard InChI is InChI=1S/C24H47N3O3.C12H26N2O.C12H23NO2.C11H22N2O2.H3N/c1-16(2)22(29)19(26-17(3)4)12-10-11-15-25-21(28)14-13-20(27-18(5)6)23(30)24(7,8)9;1-9(2)12(15)11(14-10(3)4)7-5-6-8-13;1-8(2)12(15)11(13-9(3)4)7-6-10(5)14;1-7(2)11(15)9(13-8(3)4)5-6-10(12)14;/h16-20,26-27H,10-15H2,1-9H3,(H,25,28);9-11,14H,5-8,13H2,1-4H3;8-9,11,13H,6-7H2,1-5H3;7-9,13H,5-6H2,1-4H3,(H2,12,14);1H3. The zero-order chi connectivity index (χ0) is 59.3. The second kappa shape index (κ2) is 45.5. The van der Waals surface area contributed by atoms with Crippen molar-refractivity contribution in [2.24, 2.45) is 40.6 Å². The lowest BCUT2D eigenvalue weighted by atomic mass is 9.84. The lowest BCUT2D eigenvalue weighted by Gasteiger charge is -2.27. The van der Waals surface area contributed by atoms with Crippen LogP contribution < -0.4 is 49.5 Å². The van der Waals surface area contributed by atoms with E-state index in [1.54, 1.807) is 6.92 Å². The first-order valence-corrected chi connectivity index (χ1v) is 28.7. The summed E-state index contributed by atoms with van der Waals surface area (Å²) < 4.78 is 0. The quantitative estimate of drug-likeness (QED) is 0.0265. The molecule has 0 fully saturated rings. The van der Waals surface area contributed by atoms with Crippen molar-refractivity contribution in [1.82, 2.24) is 38.1 Å². The molecule has 76 heavy (non-hydrogen) atoms. The van der Waals surface area contributed by atoms with Gasteiger partial charge in [-0.1, -0.05) is 152 Å². The molecular weight excluding hydrogens is 963 g/mol. The average molecular weight is 1080 g/mol. The van der Waals surface area contributed by atoms with E-state index in [1.807, 2.05) is 132 Å². The summed E-state index contributed by atoms with van der Waals surface area (Å²) in [5.41, 5.74) is 10.1. The van der Waals surface area contributed by atoms with Crippen molar-refractivity contribution in [3.8, 4) is 0 Å². The van der Waals surface area contributed by atoms with E-state index in [-0.39, 0.29) is 131 Å². The minimum Gasteiger partial charge on any atom is -0.370 e. The number of carbonyl (C=O) groups is 8. The molecule has 0 aliphatic heterocycles. The van der Waals surface area contributed by atoms with Gasteiger partial charge in [-0.05, 0) is 64.8 Å². The third-order valence-electron chi connectivity index (χ3n) is 11.7. The van der Waals surface area contributed by atoms with Crippen LogP contribution in [0.15, 0.2) is 0 Å². The Bertz CT molecular complexity index is 1560. The van der Waals surface area contributed by atoms with Crippen molar-refractivity contribution < 1.29 is 38.4 Å². The van der Waals surface area contributed by atoms with E-state index >= 15 is 0 Å². The van der Waals surface area contributed by atoms with Crippen LogP contribution in [0.2, 0.25) is 0 Å². The van der Waals surface area contributed by atoms with E-state index in [1.165, 1.54) is 0 Å². The molecule has 13 N–H and O–H groups in total. The van der Waals surface area contributed by atoms with Crippen LogP contribution in [0.25, 0.3) is 0 Å². The second-order valence-corrected chi connectivity index (χ2v) is 24.1. The summed E-state index contributed by atoms with van der Waals surface area (Å²) in [5.74, 6) is 0.940. The summed E-state index contributed by atoms with van der Waals surface area (Å²) in [6.07, 6.45) is 8.10. The Morgan fingerprint density at radius 1 is 0.408 bits per heavy atom. The van der Waals surface area contributed by atoms with E-state index in [0.29, 0.717) is 57.0 Å². The van der Waals surface area contributed by atoms with Gasteiger partial charge in [0, 0.05) is 85.1 Å². The highest BCUT2D eigenvalue weighted by atomic mass is 16.2. The number of Topliss-reactive ketones (excluding diaryl/α,β-unsaturated/α-hetero) is 6. The van der Waals surface area contributed by atoms with Crippen molar-refractivity contribution in [2.75, 3.05) is 13.1 Å². The second-order valence-electron chi connectivity index (χ2n) is 24.1. The number of nitrogens with one attached hydrogen (secondary N) is 6. The minimum atomic E-state index is -0.434. The Kier molecular flexibility index (Phi) is 48.8. The molecule has 0 saturated carbocycles. The molecule has 0 aromatic heterocycles. The van der Waals surface area contributed by atoms with Gasteiger partial charge in [-0.3, -0.25) is 33.6 Å². The molecular formula is C59H121N9O8. The molecule has 0 rings (SSSR count). The molecule has 0 spiro atoms. The highest BCUT2D eigenvalue weighted by Gasteiger charge is 2.30. The lowest BCUT2D eigenvalue weighted by molar-refractivity contribution is -0.129. The molecule has 0 aromatic rings. The molecule has 0 aromatic carbocycles. The molecule has 450 valence electrons. The van der Waals surface area contributed by atoms with Gasteiger partial charge in [-0.2, -0.15) is 0 Å². The van der Waals surface area contributed by atoms with Crippen molar-refractivity contribution in [3.63, 3.8) is 0 Å². The van der Waals surface area contributed by atoms with E-state index in [2.05, 4.69) is 45.7 Å². The van der Waals surface area contributed by atoms with Gasteiger partial charge in [0.2, 0.25) is 11.8 Å². The summed E-state index contributed by atoms with van der Waals surface area (Å²) in [4.78, 5) is 94.2. The monoisotopic (exact) mass is 1080 g/mol. The van der Waals surface area contributed by atoms with Crippen LogP contribution in [0, 0.1) is 29.1 Å². The Hall–Kier alpha value is -3.32. The highest BCUT2D eigenvalue weighted by molar-refractivity contribution is 5.90. The molecule has 5 unspecified atom stereocenters. The van der Waals surface area contributed by atoms with Crippen LogP contribution in [0.3, 0.4) is 0 Å². The Morgan fingerprint density at radius 2 is 0.697 bits per heavy atom. The fourth-order valence-electron chi connectivity index (χ4n) is 7.86. The third-order valence-corrected chi connectivity index (χ3v) is 11.7. The molecule has 0 bridgehead atoms. The van der Waals surface area contributed by atoms with Gasteiger partial charge < -0.3 is 54.3 Å². The third kappa shape index (κ3) is 45.7. The van der Waals surface area contributed by atoms with Crippen LogP contribution in [0.1, 0.15) is 229 Å². The number of primary amides is 1. The number of hydrogen-bond acceptors (Lipinski definition) is 15. The highest BCUT2D eigenvalue weighted by Crippen LogP contribution is 2.20.